The molecule has 0 radical (unpaired) electrons. The van der Waals surface area contributed by atoms with Crippen LogP contribution in [0.1, 0.15) is 0 Å². The predicted molar refractivity (Wildman–Crippen MR) is 97.1 cm³/mol. The predicted octanol–water partition coefficient (Wildman–Crippen LogP) is 5.14. The highest BCUT2D eigenvalue weighted by molar-refractivity contribution is 8.14. The van der Waals surface area contributed by atoms with Crippen molar-refractivity contribution in [1.29, 1.82) is 0 Å². The van der Waals surface area contributed by atoms with E-state index in [9.17, 15) is 4.79 Å². The van der Waals surface area contributed by atoms with Gasteiger partial charge in [0.1, 0.15) is 5.75 Å². The molecule has 1 amide bonds. The fourth-order valence-electron chi connectivity index (χ4n) is 2.27. The highest BCUT2D eigenvalue weighted by Gasteiger charge is 2.20. The standard InChI is InChI=1S/C19H16N2O2S/c1-23-17-12-13-20-14-18(17)24-19(22)21(15-8-4-2-5-9-15)16-10-6-3-7-11-16/h2-14H,1H3. The number of para-hydroxylation sites is 2. The highest BCUT2D eigenvalue weighted by atomic mass is 32.2. The second kappa shape index (κ2) is 7.66. The molecule has 1 aromatic heterocycles. The maximum Gasteiger partial charge on any atom is 0.295 e. The Kier molecular flexibility index (Phi) is 5.13. The molecule has 120 valence electrons. The molecule has 1 heterocycles. The zero-order valence-electron chi connectivity index (χ0n) is 13.1. The minimum absolute atomic E-state index is 0.126. The Balaban J connectivity index is 1.95. The van der Waals surface area contributed by atoms with Gasteiger partial charge in [0, 0.05) is 23.8 Å². The molecule has 3 aromatic rings. The van der Waals surface area contributed by atoms with Crippen molar-refractivity contribution in [2.24, 2.45) is 0 Å². The summed E-state index contributed by atoms with van der Waals surface area (Å²) in [4.78, 5) is 19.4. The Morgan fingerprint density at radius 1 is 0.958 bits per heavy atom. The van der Waals surface area contributed by atoms with E-state index in [1.807, 2.05) is 60.7 Å². The Labute approximate surface area is 145 Å². The second-order valence-electron chi connectivity index (χ2n) is 4.90. The number of nitrogens with zero attached hydrogens (tertiary/aromatic N) is 2. The molecule has 0 N–H and O–H groups in total. The van der Waals surface area contributed by atoms with Crippen molar-refractivity contribution in [3.8, 4) is 5.75 Å². The molecule has 0 bridgehead atoms. The van der Waals surface area contributed by atoms with Crippen LogP contribution in [0.2, 0.25) is 0 Å². The summed E-state index contributed by atoms with van der Waals surface area (Å²) in [7, 11) is 1.58. The van der Waals surface area contributed by atoms with Crippen LogP contribution >= 0.6 is 11.8 Å². The summed E-state index contributed by atoms with van der Waals surface area (Å²) in [6.07, 6.45) is 3.27. The Morgan fingerprint density at radius 3 is 2.08 bits per heavy atom. The maximum absolute atomic E-state index is 13.0. The van der Waals surface area contributed by atoms with Gasteiger partial charge in [-0.1, -0.05) is 36.4 Å². The number of hydrogen-bond acceptors (Lipinski definition) is 4. The molecule has 0 atom stereocenters. The van der Waals surface area contributed by atoms with Gasteiger partial charge in [-0.15, -0.1) is 0 Å². The first-order valence-corrected chi connectivity index (χ1v) is 8.21. The summed E-state index contributed by atoms with van der Waals surface area (Å²) >= 11 is 1.09. The van der Waals surface area contributed by atoms with Crippen molar-refractivity contribution < 1.29 is 9.53 Å². The third-order valence-electron chi connectivity index (χ3n) is 3.38. The average Bonchev–Trinajstić information content (AvgIpc) is 2.64. The van der Waals surface area contributed by atoms with Gasteiger partial charge in [-0.3, -0.25) is 14.7 Å². The number of amides is 1. The summed E-state index contributed by atoms with van der Waals surface area (Å²) in [5, 5.41) is -0.126. The lowest BCUT2D eigenvalue weighted by Crippen LogP contribution is -2.21. The van der Waals surface area contributed by atoms with Gasteiger partial charge in [0.15, 0.2) is 0 Å². The fourth-order valence-corrected chi connectivity index (χ4v) is 3.12. The molecule has 0 unspecified atom stereocenters. The van der Waals surface area contributed by atoms with Crippen molar-refractivity contribution in [1.82, 2.24) is 4.98 Å². The van der Waals surface area contributed by atoms with Gasteiger partial charge in [0.2, 0.25) is 0 Å². The molecule has 0 spiro atoms. The molecule has 0 saturated carbocycles. The van der Waals surface area contributed by atoms with E-state index in [1.54, 1.807) is 30.5 Å². The summed E-state index contributed by atoms with van der Waals surface area (Å²) in [6.45, 7) is 0. The van der Waals surface area contributed by atoms with Crippen molar-refractivity contribution in [3.05, 3.63) is 79.1 Å². The van der Waals surface area contributed by atoms with Crippen LogP contribution in [0.15, 0.2) is 84.0 Å². The van der Waals surface area contributed by atoms with E-state index in [1.165, 1.54) is 0 Å². The minimum Gasteiger partial charge on any atom is -0.495 e. The largest absolute Gasteiger partial charge is 0.495 e. The molecular formula is C19H16N2O2S. The van der Waals surface area contributed by atoms with E-state index < -0.39 is 0 Å². The molecule has 4 nitrogen and oxygen atoms in total. The Hall–Kier alpha value is -2.79. The Morgan fingerprint density at radius 2 is 1.54 bits per heavy atom. The fraction of sp³-hybridized carbons (Fsp3) is 0.0526. The van der Waals surface area contributed by atoms with Crippen LogP contribution in [0, 0.1) is 0 Å². The van der Waals surface area contributed by atoms with Crippen LogP contribution in [-0.2, 0) is 0 Å². The zero-order chi connectivity index (χ0) is 16.8. The number of thioether (sulfide) groups is 1. The molecule has 0 aliphatic carbocycles. The van der Waals surface area contributed by atoms with E-state index in [2.05, 4.69) is 4.98 Å². The summed E-state index contributed by atoms with van der Waals surface area (Å²) < 4.78 is 5.31. The minimum atomic E-state index is -0.126. The number of carbonyl (C=O) groups is 1. The lowest BCUT2D eigenvalue weighted by Gasteiger charge is -2.22. The molecule has 5 heteroatoms. The first-order valence-electron chi connectivity index (χ1n) is 7.39. The van der Waals surface area contributed by atoms with Crippen LogP contribution < -0.4 is 9.64 Å². The van der Waals surface area contributed by atoms with Crippen molar-refractivity contribution in [2.45, 2.75) is 4.90 Å². The van der Waals surface area contributed by atoms with E-state index in [4.69, 9.17) is 4.74 Å². The van der Waals surface area contributed by atoms with E-state index >= 15 is 0 Å². The van der Waals surface area contributed by atoms with Crippen LogP contribution in [0.25, 0.3) is 0 Å². The van der Waals surface area contributed by atoms with E-state index in [0.29, 0.717) is 10.6 Å². The monoisotopic (exact) mass is 336 g/mol. The van der Waals surface area contributed by atoms with Gasteiger partial charge in [-0.05, 0) is 42.1 Å². The molecule has 24 heavy (non-hydrogen) atoms. The first kappa shape index (κ1) is 16.1. The molecule has 0 aliphatic rings. The number of rotatable bonds is 4. The number of hydrogen-bond donors (Lipinski definition) is 0. The number of ether oxygens (including phenoxy) is 1. The smallest absolute Gasteiger partial charge is 0.295 e. The van der Waals surface area contributed by atoms with Gasteiger partial charge in [-0.25, -0.2) is 0 Å². The van der Waals surface area contributed by atoms with Crippen LogP contribution in [0.5, 0.6) is 5.75 Å². The van der Waals surface area contributed by atoms with E-state index in [0.717, 1.165) is 23.1 Å². The lowest BCUT2D eigenvalue weighted by molar-refractivity contribution is 0.267. The van der Waals surface area contributed by atoms with Gasteiger partial charge in [0.25, 0.3) is 5.24 Å². The summed E-state index contributed by atoms with van der Waals surface area (Å²) in [5.41, 5.74) is 1.62. The molecule has 0 aliphatic heterocycles. The normalized spacial score (nSPS) is 10.2. The maximum atomic E-state index is 13.0. The molecule has 0 fully saturated rings. The first-order chi connectivity index (χ1) is 11.8. The number of benzene rings is 2. The highest BCUT2D eigenvalue weighted by Crippen LogP contribution is 2.35. The number of anilines is 2. The average molecular weight is 336 g/mol. The van der Waals surface area contributed by atoms with Crippen molar-refractivity contribution in [2.75, 3.05) is 12.0 Å². The van der Waals surface area contributed by atoms with Crippen LogP contribution in [0.3, 0.4) is 0 Å². The second-order valence-corrected chi connectivity index (χ2v) is 5.89. The van der Waals surface area contributed by atoms with Crippen molar-refractivity contribution in [3.63, 3.8) is 0 Å². The number of pyridine rings is 1. The summed E-state index contributed by atoms with van der Waals surface area (Å²) in [5.74, 6) is 0.629. The molecule has 0 saturated heterocycles. The number of carbonyl (C=O) groups excluding carboxylic acids is 1. The summed E-state index contributed by atoms with van der Waals surface area (Å²) in [6, 6.07) is 20.9. The lowest BCUT2D eigenvalue weighted by atomic mass is 10.2. The quantitative estimate of drug-likeness (QED) is 0.619. The van der Waals surface area contributed by atoms with Gasteiger partial charge in [-0.2, -0.15) is 0 Å². The van der Waals surface area contributed by atoms with Crippen LogP contribution in [0.4, 0.5) is 16.2 Å². The molecular weight excluding hydrogens is 320 g/mol. The van der Waals surface area contributed by atoms with Gasteiger partial charge in [0.05, 0.1) is 12.0 Å². The zero-order valence-corrected chi connectivity index (χ0v) is 13.9. The third kappa shape index (κ3) is 3.58. The van der Waals surface area contributed by atoms with Crippen molar-refractivity contribution >= 4 is 28.4 Å². The van der Waals surface area contributed by atoms with Gasteiger partial charge >= 0.3 is 0 Å². The van der Waals surface area contributed by atoms with Gasteiger partial charge < -0.3 is 4.74 Å². The topological polar surface area (TPSA) is 42.4 Å². The molecule has 3 rings (SSSR count). The van der Waals surface area contributed by atoms with E-state index in [-0.39, 0.29) is 5.24 Å². The number of aromatic nitrogens is 1. The Bertz CT molecular complexity index is 770. The van der Waals surface area contributed by atoms with Crippen LogP contribution in [-0.4, -0.2) is 17.3 Å². The SMILES string of the molecule is COc1ccncc1SC(=O)N(c1ccccc1)c1ccccc1. The third-order valence-corrected chi connectivity index (χ3v) is 4.26. The molecule has 2 aromatic carbocycles. The number of methoxy groups -OCH3 is 1.